The summed E-state index contributed by atoms with van der Waals surface area (Å²) in [6.45, 7) is 4.49. The highest BCUT2D eigenvalue weighted by Gasteiger charge is 2.13. The van der Waals surface area contributed by atoms with Gasteiger partial charge in [0.05, 0.1) is 20.8 Å². The number of hydrogen-bond acceptors (Lipinski definition) is 3. The van der Waals surface area contributed by atoms with Crippen LogP contribution in [-0.2, 0) is 11.3 Å². The van der Waals surface area contributed by atoms with Crippen molar-refractivity contribution in [1.29, 1.82) is 0 Å². The number of aryl methyl sites for hydroxylation is 2. The lowest BCUT2D eigenvalue weighted by Crippen LogP contribution is -2.26. The number of amides is 1. The first-order valence-corrected chi connectivity index (χ1v) is 5.42. The maximum absolute atomic E-state index is 11.3. The van der Waals surface area contributed by atoms with Crippen LogP contribution in [0.5, 0.6) is 5.75 Å². The first-order valence-electron chi connectivity index (χ1n) is 5.42. The lowest BCUT2D eigenvalue weighted by Gasteiger charge is -2.19. The topological polar surface area (TPSA) is 38.8 Å². The first-order chi connectivity index (χ1) is 7.99. The minimum atomic E-state index is -0.355. The summed E-state index contributed by atoms with van der Waals surface area (Å²) < 4.78 is 10.0. The molecule has 0 aliphatic rings. The molecule has 0 spiro atoms. The Hall–Kier alpha value is -1.71. The lowest BCUT2D eigenvalue weighted by molar-refractivity contribution is 0.131. The summed E-state index contributed by atoms with van der Waals surface area (Å²) in [6, 6.07) is 4.08. The van der Waals surface area contributed by atoms with Crippen molar-refractivity contribution < 1.29 is 14.3 Å². The second-order valence-electron chi connectivity index (χ2n) is 4.10. The number of carbonyl (C=O) groups is 1. The van der Waals surface area contributed by atoms with E-state index in [0.717, 1.165) is 22.4 Å². The van der Waals surface area contributed by atoms with Gasteiger partial charge >= 0.3 is 6.09 Å². The van der Waals surface area contributed by atoms with Crippen molar-refractivity contribution in [2.75, 3.05) is 21.3 Å². The highest BCUT2D eigenvalue weighted by molar-refractivity contribution is 5.67. The molecule has 4 nitrogen and oxygen atoms in total. The fourth-order valence-electron chi connectivity index (χ4n) is 1.93. The molecule has 0 aromatic heterocycles. The Morgan fingerprint density at radius 2 is 1.94 bits per heavy atom. The fraction of sp³-hybridized carbons (Fsp3) is 0.462. The molecule has 94 valence electrons. The molecule has 0 heterocycles. The summed E-state index contributed by atoms with van der Waals surface area (Å²) in [5.41, 5.74) is 3.20. The van der Waals surface area contributed by atoms with Crippen LogP contribution in [0.1, 0.15) is 16.7 Å². The number of carbonyl (C=O) groups excluding carboxylic acids is 1. The van der Waals surface area contributed by atoms with Crippen LogP contribution in [0.25, 0.3) is 0 Å². The third-order valence-electron chi connectivity index (χ3n) is 2.59. The molecular weight excluding hydrogens is 218 g/mol. The molecule has 1 aromatic carbocycles. The summed E-state index contributed by atoms with van der Waals surface area (Å²) in [6.07, 6.45) is -0.355. The van der Waals surface area contributed by atoms with E-state index in [1.54, 1.807) is 14.2 Å². The van der Waals surface area contributed by atoms with E-state index in [2.05, 4.69) is 10.8 Å². The van der Waals surface area contributed by atoms with Gasteiger partial charge in [-0.1, -0.05) is 17.7 Å². The quantitative estimate of drug-likeness (QED) is 0.810. The van der Waals surface area contributed by atoms with Gasteiger partial charge in [-0.25, -0.2) is 4.79 Å². The Morgan fingerprint density at radius 3 is 2.47 bits per heavy atom. The molecule has 0 aliphatic heterocycles. The average molecular weight is 237 g/mol. The predicted octanol–water partition coefficient (Wildman–Crippen LogP) is 2.51. The normalized spacial score (nSPS) is 9.94. The number of nitrogens with zero attached hydrogens (tertiary/aromatic N) is 1. The van der Waals surface area contributed by atoms with Crippen LogP contribution in [-0.4, -0.2) is 32.3 Å². The fourth-order valence-corrected chi connectivity index (χ4v) is 1.93. The Morgan fingerprint density at radius 1 is 1.29 bits per heavy atom. The van der Waals surface area contributed by atoms with Crippen LogP contribution in [0.3, 0.4) is 0 Å². The summed E-state index contributed by atoms with van der Waals surface area (Å²) in [7, 11) is 4.71. The molecule has 1 rings (SSSR count). The second kappa shape index (κ2) is 5.57. The maximum atomic E-state index is 11.3. The summed E-state index contributed by atoms with van der Waals surface area (Å²) in [5.74, 6) is 0.825. The molecule has 0 N–H and O–H groups in total. The van der Waals surface area contributed by atoms with Crippen molar-refractivity contribution in [3.63, 3.8) is 0 Å². The van der Waals surface area contributed by atoms with Crippen molar-refractivity contribution >= 4 is 6.09 Å². The van der Waals surface area contributed by atoms with Gasteiger partial charge in [-0.05, 0) is 19.4 Å². The van der Waals surface area contributed by atoms with Crippen LogP contribution >= 0.6 is 0 Å². The van der Waals surface area contributed by atoms with Crippen molar-refractivity contribution in [3.05, 3.63) is 28.8 Å². The molecule has 0 unspecified atom stereocenters. The predicted molar refractivity (Wildman–Crippen MR) is 66.3 cm³/mol. The lowest BCUT2D eigenvalue weighted by atomic mass is 10.1. The zero-order valence-electron chi connectivity index (χ0n) is 11.0. The molecule has 0 aliphatic carbocycles. The van der Waals surface area contributed by atoms with Crippen molar-refractivity contribution in [2.45, 2.75) is 20.4 Å². The third-order valence-corrected chi connectivity index (χ3v) is 2.59. The van der Waals surface area contributed by atoms with Gasteiger partial charge in [-0.3, -0.25) is 0 Å². The molecule has 4 heteroatoms. The molecular formula is C13H19NO3. The SMILES string of the molecule is COC(=O)N(C)Cc1cc(C)cc(C)c1OC. The van der Waals surface area contributed by atoms with Gasteiger partial charge in [-0.15, -0.1) is 0 Å². The monoisotopic (exact) mass is 237 g/mol. The zero-order chi connectivity index (χ0) is 13.0. The van der Waals surface area contributed by atoms with E-state index in [1.807, 2.05) is 19.9 Å². The summed E-state index contributed by atoms with van der Waals surface area (Å²) in [5, 5.41) is 0. The standard InChI is InChI=1S/C13H19NO3/c1-9-6-10(2)12(16-4)11(7-9)8-14(3)13(15)17-5/h6-7H,8H2,1-5H3. The van der Waals surface area contributed by atoms with Gasteiger partial charge < -0.3 is 14.4 Å². The van der Waals surface area contributed by atoms with E-state index in [-0.39, 0.29) is 6.09 Å². The second-order valence-corrected chi connectivity index (χ2v) is 4.10. The molecule has 1 amide bonds. The number of methoxy groups -OCH3 is 2. The van der Waals surface area contributed by atoms with E-state index in [9.17, 15) is 4.79 Å². The zero-order valence-corrected chi connectivity index (χ0v) is 11.0. The Kier molecular flexibility index (Phi) is 4.37. The van der Waals surface area contributed by atoms with E-state index < -0.39 is 0 Å². The van der Waals surface area contributed by atoms with E-state index in [4.69, 9.17) is 4.74 Å². The van der Waals surface area contributed by atoms with Gasteiger partial charge in [0.1, 0.15) is 5.75 Å². The number of rotatable bonds is 3. The van der Waals surface area contributed by atoms with Crippen LogP contribution in [0, 0.1) is 13.8 Å². The van der Waals surface area contributed by atoms with Crippen LogP contribution in [0.15, 0.2) is 12.1 Å². The average Bonchev–Trinajstić information content (AvgIpc) is 2.27. The third kappa shape index (κ3) is 3.12. The summed E-state index contributed by atoms with van der Waals surface area (Å²) in [4.78, 5) is 12.9. The highest BCUT2D eigenvalue weighted by atomic mass is 16.5. The van der Waals surface area contributed by atoms with Gasteiger partial charge in [0.2, 0.25) is 0 Å². The minimum absolute atomic E-state index is 0.355. The molecule has 0 atom stereocenters. The first kappa shape index (κ1) is 13.4. The van der Waals surface area contributed by atoms with Crippen molar-refractivity contribution in [2.24, 2.45) is 0 Å². The Bertz CT molecular complexity index is 415. The van der Waals surface area contributed by atoms with Crippen LogP contribution in [0.2, 0.25) is 0 Å². The number of benzene rings is 1. The van der Waals surface area contributed by atoms with E-state index in [0.29, 0.717) is 6.54 Å². The van der Waals surface area contributed by atoms with Crippen molar-refractivity contribution in [1.82, 2.24) is 4.90 Å². The molecule has 1 aromatic rings. The smallest absolute Gasteiger partial charge is 0.409 e. The number of ether oxygens (including phenoxy) is 2. The van der Waals surface area contributed by atoms with Gasteiger partial charge in [0.25, 0.3) is 0 Å². The highest BCUT2D eigenvalue weighted by Crippen LogP contribution is 2.26. The minimum Gasteiger partial charge on any atom is -0.496 e. The summed E-state index contributed by atoms with van der Waals surface area (Å²) >= 11 is 0. The largest absolute Gasteiger partial charge is 0.496 e. The van der Waals surface area contributed by atoms with E-state index >= 15 is 0 Å². The molecule has 0 bridgehead atoms. The van der Waals surface area contributed by atoms with Gasteiger partial charge in [0.15, 0.2) is 0 Å². The van der Waals surface area contributed by atoms with Crippen molar-refractivity contribution in [3.8, 4) is 5.75 Å². The Labute approximate surface area is 102 Å². The van der Waals surface area contributed by atoms with Gasteiger partial charge in [-0.2, -0.15) is 0 Å². The maximum Gasteiger partial charge on any atom is 0.409 e. The Balaban J connectivity index is 3.01. The molecule has 0 saturated heterocycles. The molecule has 17 heavy (non-hydrogen) atoms. The van der Waals surface area contributed by atoms with Gasteiger partial charge in [0, 0.05) is 12.6 Å². The van der Waals surface area contributed by atoms with E-state index in [1.165, 1.54) is 12.0 Å². The molecule has 0 saturated carbocycles. The molecule has 0 radical (unpaired) electrons. The van der Waals surface area contributed by atoms with Crippen LogP contribution in [0.4, 0.5) is 4.79 Å². The number of hydrogen-bond donors (Lipinski definition) is 0. The van der Waals surface area contributed by atoms with Crippen LogP contribution < -0.4 is 4.74 Å². The molecule has 0 fully saturated rings.